The van der Waals surface area contributed by atoms with Crippen molar-refractivity contribution in [1.29, 1.82) is 5.41 Å². The molecule has 1 nitrogen and oxygen atoms in total. The van der Waals surface area contributed by atoms with Crippen LogP contribution in [0.15, 0.2) is 11.4 Å². The number of hydrogen-bond donors (Lipinski definition) is 1. The van der Waals surface area contributed by atoms with E-state index in [1.54, 1.807) is 0 Å². The van der Waals surface area contributed by atoms with Gasteiger partial charge in [-0.1, -0.05) is 5.82 Å². The lowest BCUT2D eigenvalue weighted by molar-refractivity contribution is 1.52. The van der Waals surface area contributed by atoms with E-state index in [0.717, 1.165) is 5.57 Å². The first-order valence-electron chi connectivity index (χ1n) is 1.70. The summed E-state index contributed by atoms with van der Waals surface area (Å²) in [5, 5.41) is 6.60. The molecule has 0 aliphatic rings. The Kier molecular flexibility index (Phi) is 2.97. The van der Waals surface area contributed by atoms with E-state index >= 15 is 0 Å². The monoisotopic (exact) mass is 101 g/mol. The first kappa shape index (κ1) is 5.84. The lowest BCUT2D eigenvalue weighted by Crippen LogP contribution is -1.66. The van der Waals surface area contributed by atoms with Crippen LogP contribution in [0.2, 0.25) is 0 Å². The maximum Gasteiger partial charge on any atom is 0.0207 e. The van der Waals surface area contributed by atoms with Gasteiger partial charge in [-0.05, 0) is 12.5 Å². The Labute approximate surface area is 40.2 Å². The molecule has 6 heavy (non-hydrogen) atoms. The maximum atomic E-state index is 6.60. The maximum absolute atomic E-state index is 6.60. The summed E-state index contributed by atoms with van der Waals surface area (Å²) in [4.78, 5) is 0. The minimum atomic E-state index is 0.972. The van der Waals surface area contributed by atoms with Crippen molar-refractivity contribution in [3.8, 4) is 0 Å². The fourth-order valence-electron chi connectivity index (χ4n) is 0.0481. The summed E-state index contributed by atoms with van der Waals surface area (Å²) in [6.07, 6.45) is 1.31. The van der Waals surface area contributed by atoms with Crippen LogP contribution in [0.3, 0.4) is 0 Å². The van der Waals surface area contributed by atoms with E-state index in [-0.39, 0.29) is 0 Å². The average Bonchev–Trinajstić information content (AvgIpc) is 1.65. The van der Waals surface area contributed by atoms with Gasteiger partial charge >= 0.3 is 0 Å². The Hall–Kier alpha value is -0.160. The van der Waals surface area contributed by atoms with Crippen molar-refractivity contribution >= 4 is 15.5 Å². The molecule has 0 radical (unpaired) electrons. The van der Waals surface area contributed by atoms with Gasteiger partial charge in [0.25, 0.3) is 0 Å². The number of allylic oxidation sites excluding steroid dienone is 1. The van der Waals surface area contributed by atoms with Gasteiger partial charge in [0.1, 0.15) is 0 Å². The van der Waals surface area contributed by atoms with Gasteiger partial charge in [0.15, 0.2) is 0 Å². The van der Waals surface area contributed by atoms with Gasteiger partial charge < -0.3 is 5.41 Å². The summed E-state index contributed by atoms with van der Waals surface area (Å²) in [5.41, 5.74) is 0.972. The van der Waals surface area contributed by atoms with Crippen molar-refractivity contribution in [3.05, 3.63) is 11.4 Å². The molecule has 0 aromatic heterocycles. The summed E-state index contributed by atoms with van der Waals surface area (Å²) in [5.74, 6) is 1.81. The van der Waals surface area contributed by atoms with E-state index in [4.69, 9.17) is 5.41 Å². The van der Waals surface area contributed by atoms with Gasteiger partial charge in [-0.25, -0.2) is 0 Å². The van der Waals surface area contributed by atoms with Crippen LogP contribution in [0.5, 0.6) is 0 Å². The van der Waals surface area contributed by atoms with Crippen LogP contribution in [0.1, 0.15) is 6.92 Å². The first-order chi connectivity index (χ1) is 2.81. The Bertz CT molecular complexity index is 75.6. The molecule has 0 spiro atoms. The van der Waals surface area contributed by atoms with Crippen LogP contribution in [-0.2, 0) is 0 Å². The number of nitrogens with one attached hydrogen (secondary N) is 1. The summed E-state index contributed by atoms with van der Waals surface area (Å²) >= 11 is 0. The molecule has 1 atom stereocenters. The Morgan fingerprint density at radius 1 is 1.83 bits per heavy atom. The fourth-order valence-corrected chi connectivity index (χ4v) is 0.144. The van der Waals surface area contributed by atoms with Crippen molar-refractivity contribution in [2.24, 2.45) is 0 Å². The lowest BCUT2D eigenvalue weighted by atomic mass is 10.4. The molecule has 0 bridgehead atoms. The fraction of sp³-hybridized carbons (Fsp3) is 0.250. The zero-order valence-electron chi connectivity index (χ0n) is 3.73. The van der Waals surface area contributed by atoms with Crippen LogP contribution in [0.25, 0.3) is 0 Å². The zero-order chi connectivity index (χ0) is 4.99. The Morgan fingerprint density at radius 3 is 2.33 bits per heavy atom. The molecule has 0 aromatic rings. The molecule has 0 aromatic carbocycles. The van der Waals surface area contributed by atoms with Crippen molar-refractivity contribution < 1.29 is 0 Å². The molecule has 0 saturated carbocycles. The molecule has 0 saturated heterocycles. The second-order valence-corrected chi connectivity index (χ2v) is 1.39. The third kappa shape index (κ3) is 2.10. The molecule has 0 rings (SSSR count). The molecule has 0 aliphatic heterocycles. The highest BCUT2D eigenvalue weighted by molar-refractivity contribution is 7.20. The molecule has 0 heterocycles. The topological polar surface area (TPSA) is 23.9 Å². The van der Waals surface area contributed by atoms with Gasteiger partial charge in [-0.2, -0.15) is 0 Å². The predicted molar refractivity (Wildman–Crippen MR) is 32.3 cm³/mol. The molecule has 1 unspecified atom stereocenters. The Balaban J connectivity index is 3.50. The molecule has 0 amide bonds. The van der Waals surface area contributed by atoms with Gasteiger partial charge in [0.2, 0.25) is 0 Å². The van der Waals surface area contributed by atoms with Gasteiger partial charge in [0.05, 0.1) is 0 Å². The molecular weight excluding hydrogens is 93.0 g/mol. The number of rotatable bonds is 1. The van der Waals surface area contributed by atoms with Crippen LogP contribution in [0, 0.1) is 5.41 Å². The predicted octanol–water partition coefficient (Wildman–Crippen LogP) is 1.41. The Morgan fingerprint density at radius 2 is 2.33 bits per heavy atom. The SMILES string of the molecule is C/C(C=N)=C/P. The van der Waals surface area contributed by atoms with Crippen molar-refractivity contribution in [1.82, 2.24) is 0 Å². The van der Waals surface area contributed by atoms with Crippen LogP contribution in [0.4, 0.5) is 0 Å². The molecule has 0 aliphatic carbocycles. The van der Waals surface area contributed by atoms with E-state index in [1.807, 2.05) is 12.7 Å². The van der Waals surface area contributed by atoms with Gasteiger partial charge in [0, 0.05) is 6.21 Å². The van der Waals surface area contributed by atoms with E-state index in [2.05, 4.69) is 9.24 Å². The highest BCUT2D eigenvalue weighted by atomic mass is 31.0. The summed E-state index contributed by atoms with van der Waals surface area (Å²) in [6.45, 7) is 1.88. The standard InChI is InChI=1S/C4H8NP/c1-4(2-5)3-6/h2-3,5H,6H2,1H3/b4-3-,5-2?. The minimum absolute atomic E-state index is 0.972. The van der Waals surface area contributed by atoms with Crippen LogP contribution < -0.4 is 0 Å². The van der Waals surface area contributed by atoms with E-state index in [9.17, 15) is 0 Å². The lowest BCUT2D eigenvalue weighted by Gasteiger charge is -1.76. The van der Waals surface area contributed by atoms with Crippen LogP contribution >= 0.6 is 9.24 Å². The minimum Gasteiger partial charge on any atom is -0.308 e. The highest BCUT2D eigenvalue weighted by Crippen LogP contribution is 1.90. The first-order valence-corrected chi connectivity index (χ1v) is 2.37. The second kappa shape index (κ2) is 3.05. The quantitative estimate of drug-likeness (QED) is 0.381. The summed E-state index contributed by atoms with van der Waals surface area (Å²) in [7, 11) is 2.43. The molecular formula is C4H8NP. The second-order valence-electron chi connectivity index (χ2n) is 1.06. The average molecular weight is 101 g/mol. The molecule has 2 heteroatoms. The van der Waals surface area contributed by atoms with Crippen molar-refractivity contribution in [2.45, 2.75) is 6.92 Å². The molecule has 34 valence electrons. The van der Waals surface area contributed by atoms with Gasteiger partial charge in [-0.3, -0.25) is 0 Å². The van der Waals surface area contributed by atoms with E-state index in [0.29, 0.717) is 0 Å². The normalized spacial score (nSPS) is 11.3. The molecule has 1 N–H and O–H groups in total. The summed E-state index contributed by atoms with van der Waals surface area (Å²) < 4.78 is 0. The highest BCUT2D eigenvalue weighted by Gasteiger charge is 1.68. The van der Waals surface area contributed by atoms with E-state index in [1.165, 1.54) is 6.21 Å². The van der Waals surface area contributed by atoms with Crippen molar-refractivity contribution in [2.75, 3.05) is 0 Å². The zero-order valence-corrected chi connectivity index (χ0v) is 4.89. The smallest absolute Gasteiger partial charge is 0.0207 e. The third-order valence-electron chi connectivity index (χ3n) is 0.491. The largest absolute Gasteiger partial charge is 0.308 e. The third-order valence-corrected chi connectivity index (χ3v) is 1.02. The molecule has 0 fully saturated rings. The van der Waals surface area contributed by atoms with Gasteiger partial charge in [-0.15, -0.1) is 9.24 Å². The van der Waals surface area contributed by atoms with E-state index < -0.39 is 0 Å². The number of hydrogen-bond acceptors (Lipinski definition) is 1. The summed E-state index contributed by atoms with van der Waals surface area (Å²) in [6, 6.07) is 0. The van der Waals surface area contributed by atoms with Crippen LogP contribution in [-0.4, -0.2) is 6.21 Å². The van der Waals surface area contributed by atoms with Crippen molar-refractivity contribution in [3.63, 3.8) is 0 Å².